The number of furan rings is 1. The second-order valence-corrected chi connectivity index (χ2v) is 2.70. The lowest BCUT2D eigenvalue weighted by Crippen LogP contribution is -1.94. The van der Waals surface area contributed by atoms with E-state index in [1.807, 2.05) is 18.2 Å². The third-order valence-electron chi connectivity index (χ3n) is 1.83. The Hall–Kier alpha value is -1.44. The zero-order chi connectivity index (χ0) is 8.39. The number of hydrogen-bond acceptors (Lipinski definition) is 2. The number of anilines is 1. The van der Waals surface area contributed by atoms with E-state index in [0.29, 0.717) is 0 Å². The van der Waals surface area contributed by atoms with Crippen molar-refractivity contribution in [3.05, 3.63) is 30.5 Å². The zero-order valence-corrected chi connectivity index (χ0v) is 7.00. The Morgan fingerprint density at radius 2 is 2.25 bits per heavy atom. The predicted octanol–water partition coefficient (Wildman–Crippen LogP) is 2.86. The average Bonchev–Trinajstić information content (AvgIpc) is 2.51. The van der Waals surface area contributed by atoms with Gasteiger partial charge in [0.05, 0.1) is 6.26 Å². The van der Waals surface area contributed by atoms with Crippen molar-refractivity contribution in [1.82, 2.24) is 0 Å². The molecule has 2 aromatic rings. The summed E-state index contributed by atoms with van der Waals surface area (Å²) in [6, 6.07) is 8.06. The Morgan fingerprint density at radius 3 is 3.08 bits per heavy atom. The molecule has 0 radical (unpaired) electrons. The highest BCUT2D eigenvalue weighted by Crippen LogP contribution is 2.19. The van der Waals surface area contributed by atoms with Gasteiger partial charge in [0, 0.05) is 17.6 Å². The van der Waals surface area contributed by atoms with Gasteiger partial charge in [0.2, 0.25) is 0 Å². The minimum absolute atomic E-state index is 0.941. The normalized spacial score (nSPS) is 10.4. The van der Waals surface area contributed by atoms with Crippen molar-refractivity contribution in [2.45, 2.75) is 6.92 Å². The van der Waals surface area contributed by atoms with Crippen LogP contribution in [0.15, 0.2) is 34.9 Å². The van der Waals surface area contributed by atoms with Crippen LogP contribution in [0.4, 0.5) is 5.69 Å². The molecule has 0 atom stereocenters. The molecule has 0 spiro atoms. The molecule has 1 heterocycles. The number of hydrogen-bond donors (Lipinski definition) is 1. The minimum atomic E-state index is 0.941. The molecule has 0 aliphatic carbocycles. The molecule has 0 bridgehead atoms. The summed E-state index contributed by atoms with van der Waals surface area (Å²) in [5.74, 6) is 0. The van der Waals surface area contributed by atoms with Crippen LogP contribution in [0.25, 0.3) is 11.0 Å². The quantitative estimate of drug-likeness (QED) is 0.732. The van der Waals surface area contributed by atoms with Crippen molar-refractivity contribution in [1.29, 1.82) is 0 Å². The van der Waals surface area contributed by atoms with Gasteiger partial charge in [-0.3, -0.25) is 0 Å². The van der Waals surface area contributed by atoms with Crippen LogP contribution in [0.3, 0.4) is 0 Å². The summed E-state index contributed by atoms with van der Waals surface area (Å²) in [7, 11) is 0. The van der Waals surface area contributed by atoms with Crippen LogP contribution in [0.5, 0.6) is 0 Å². The summed E-state index contributed by atoms with van der Waals surface area (Å²) in [6.45, 7) is 3.03. The van der Waals surface area contributed by atoms with Gasteiger partial charge in [-0.15, -0.1) is 0 Å². The van der Waals surface area contributed by atoms with E-state index in [1.54, 1.807) is 6.26 Å². The van der Waals surface area contributed by atoms with E-state index >= 15 is 0 Å². The first-order valence-electron chi connectivity index (χ1n) is 4.11. The molecule has 2 rings (SSSR count). The largest absolute Gasteiger partial charge is 0.464 e. The molecule has 1 aromatic carbocycles. The Kier molecular flexibility index (Phi) is 1.74. The number of nitrogens with one attached hydrogen (secondary N) is 1. The van der Waals surface area contributed by atoms with Crippen LogP contribution >= 0.6 is 0 Å². The number of rotatable bonds is 2. The Bertz CT molecular complexity index is 378. The molecule has 0 aliphatic rings. The molecule has 0 fully saturated rings. The van der Waals surface area contributed by atoms with Gasteiger partial charge in [-0.1, -0.05) is 0 Å². The van der Waals surface area contributed by atoms with Gasteiger partial charge in [-0.05, 0) is 31.2 Å². The van der Waals surface area contributed by atoms with E-state index in [-0.39, 0.29) is 0 Å². The van der Waals surface area contributed by atoms with E-state index in [2.05, 4.69) is 18.3 Å². The molecule has 0 saturated heterocycles. The molecule has 2 nitrogen and oxygen atoms in total. The topological polar surface area (TPSA) is 25.2 Å². The summed E-state index contributed by atoms with van der Waals surface area (Å²) >= 11 is 0. The van der Waals surface area contributed by atoms with Crippen LogP contribution < -0.4 is 5.32 Å². The monoisotopic (exact) mass is 161 g/mol. The van der Waals surface area contributed by atoms with E-state index in [1.165, 1.54) is 0 Å². The molecule has 0 saturated carbocycles. The Morgan fingerprint density at radius 1 is 1.33 bits per heavy atom. The lowest BCUT2D eigenvalue weighted by Gasteiger charge is -2.01. The van der Waals surface area contributed by atoms with Crippen molar-refractivity contribution in [3.8, 4) is 0 Å². The highest BCUT2D eigenvalue weighted by Gasteiger charge is 1.96. The lowest BCUT2D eigenvalue weighted by molar-refractivity contribution is 0.616. The fraction of sp³-hybridized carbons (Fsp3) is 0.200. The molecule has 1 aromatic heterocycles. The van der Waals surface area contributed by atoms with Crippen LogP contribution in [0.2, 0.25) is 0 Å². The second-order valence-electron chi connectivity index (χ2n) is 2.70. The molecule has 62 valence electrons. The van der Waals surface area contributed by atoms with Crippen LogP contribution in [0, 0.1) is 0 Å². The third kappa shape index (κ3) is 1.16. The van der Waals surface area contributed by atoms with Gasteiger partial charge in [-0.2, -0.15) is 0 Å². The molecule has 0 aliphatic heterocycles. The first-order valence-corrected chi connectivity index (χ1v) is 4.11. The molecule has 0 unspecified atom stereocenters. The maximum Gasteiger partial charge on any atom is 0.133 e. The summed E-state index contributed by atoms with van der Waals surface area (Å²) in [4.78, 5) is 0. The molecular formula is C10H11NO. The van der Waals surface area contributed by atoms with Gasteiger partial charge in [0.15, 0.2) is 0 Å². The second kappa shape index (κ2) is 2.89. The van der Waals surface area contributed by atoms with Gasteiger partial charge in [-0.25, -0.2) is 0 Å². The molecule has 1 N–H and O–H groups in total. The van der Waals surface area contributed by atoms with Crippen LogP contribution in [-0.4, -0.2) is 6.54 Å². The van der Waals surface area contributed by atoms with Gasteiger partial charge < -0.3 is 9.73 Å². The van der Waals surface area contributed by atoms with Crippen molar-refractivity contribution < 1.29 is 4.42 Å². The standard InChI is InChI=1S/C10H11NO/c1-2-11-9-3-4-10-8(7-9)5-6-12-10/h3-7,11H,2H2,1H3. The van der Waals surface area contributed by atoms with Gasteiger partial charge in [0.1, 0.15) is 5.58 Å². The SMILES string of the molecule is CCNc1ccc2occc2c1. The predicted molar refractivity (Wildman–Crippen MR) is 50.4 cm³/mol. The van der Waals surface area contributed by atoms with E-state index < -0.39 is 0 Å². The molecular weight excluding hydrogens is 150 g/mol. The van der Waals surface area contributed by atoms with E-state index in [4.69, 9.17) is 4.42 Å². The lowest BCUT2D eigenvalue weighted by atomic mass is 10.2. The summed E-state index contributed by atoms with van der Waals surface area (Å²) < 4.78 is 5.22. The van der Waals surface area contributed by atoms with Crippen LogP contribution in [-0.2, 0) is 0 Å². The van der Waals surface area contributed by atoms with Crippen molar-refractivity contribution >= 4 is 16.7 Å². The molecule has 2 heteroatoms. The van der Waals surface area contributed by atoms with Crippen molar-refractivity contribution in [3.63, 3.8) is 0 Å². The fourth-order valence-corrected chi connectivity index (χ4v) is 1.28. The highest BCUT2D eigenvalue weighted by molar-refractivity contribution is 5.80. The average molecular weight is 161 g/mol. The minimum Gasteiger partial charge on any atom is -0.464 e. The Balaban J connectivity index is 2.46. The number of fused-ring (bicyclic) bond motifs is 1. The molecule has 12 heavy (non-hydrogen) atoms. The van der Waals surface area contributed by atoms with Gasteiger partial charge in [0.25, 0.3) is 0 Å². The van der Waals surface area contributed by atoms with Gasteiger partial charge >= 0.3 is 0 Å². The summed E-state index contributed by atoms with van der Waals surface area (Å²) in [5.41, 5.74) is 2.09. The number of benzene rings is 1. The Labute approximate surface area is 71.2 Å². The van der Waals surface area contributed by atoms with E-state index in [0.717, 1.165) is 23.2 Å². The highest BCUT2D eigenvalue weighted by atomic mass is 16.3. The summed E-state index contributed by atoms with van der Waals surface area (Å²) in [6.07, 6.45) is 1.71. The maximum atomic E-state index is 5.22. The fourth-order valence-electron chi connectivity index (χ4n) is 1.28. The summed E-state index contributed by atoms with van der Waals surface area (Å²) in [5, 5.41) is 4.39. The maximum absolute atomic E-state index is 5.22. The van der Waals surface area contributed by atoms with E-state index in [9.17, 15) is 0 Å². The van der Waals surface area contributed by atoms with Crippen LogP contribution in [0.1, 0.15) is 6.92 Å². The molecule has 0 amide bonds. The first kappa shape index (κ1) is 7.22. The third-order valence-corrected chi connectivity index (χ3v) is 1.83. The van der Waals surface area contributed by atoms with Crippen molar-refractivity contribution in [2.75, 3.05) is 11.9 Å². The first-order chi connectivity index (χ1) is 5.90. The zero-order valence-electron chi connectivity index (χ0n) is 7.00. The van der Waals surface area contributed by atoms with Crippen molar-refractivity contribution in [2.24, 2.45) is 0 Å². The smallest absolute Gasteiger partial charge is 0.133 e.